The molecule has 9 nitrogen and oxygen atoms in total. The van der Waals surface area contributed by atoms with Gasteiger partial charge in [0.25, 0.3) is 5.91 Å². The molecule has 3 aromatic rings. The van der Waals surface area contributed by atoms with Crippen molar-refractivity contribution in [3.8, 4) is 0 Å². The van der Waals surface area contributed by atoms with Gasteiger partial charge in [-0.1, -0.05) is 26.8 Å². The molecule has 0 aliphatic heterocycles. The molecular weight excluding hydrogens is 382 g/mol. The van der Waals surface area contributed by atoms with Gasteiger partial charge in [-0.2, -0.15) is 4.99 Å². The summed E-state index contributed by atoms with van der Waals surface area (Å²) < 4.78 is 0. The van der Waals surface area contributed by atoms with E-state index < -0.39 is 11.3 Å². The smallest absolute Gasteiger partial charge is 0.278 e. The number of rotatable bonds is 5. The fourth-order valence-corrected chi connectivity index (χ4v) is 2.58. The molecule has 3 N–H and O–H groups in total. The predicted molar refractivity (Wildman–Crippen MR) is 115 cm³/mol. The van der Waals surface area contributed by atoms with Crippen LogP contribution in [0.5, 0.6) is 0 Å². The Hall–Kier alpha value is -3.75. The fraction of sp³-hybridized carbons (Fsp3) is 0.286. The van der Waals surface area contributed by atoms with Crippen LogP contribution in [0.3, 0.4) is 0 Å². The van der Waals surface area contributed by atoms with Crippen molar-refractivity contribution in [2.45, 2.75) is 34.1 Å². The number of nitrogens with one attached hydrogen (secondary N) is 1. The van der Waals surface area contributed by atoms with E-state index >= 15 is 0 Å². The van der Waals surface area contributed by atoms with Gasteiger partial charge < -0.3 is 11.1 Å². The average Bonchev–Trinajstić information content (AvgIpc) is 2.69. The molecule has 0 fully saturated rings. The highest BCUT2D eigenvalue weighted by Gasteiger charge is 2.22. The number of amidine groups is 1. The van der Waals surface area contributed by atoms with Crippen molar-refractivity contribution in [1.29, 1.82) is 0 Å². The third-order valence-corrected chi connectivity index (χ3v) is 4.46. The number of hydrogen-bond donors (Lipinski definition) is 2. The van der Waals surface area contributed by atoms with E-state index in [-0.39, 0.29) is 18.0 Å². The van der Waals surface area contributed by atoms with Gasteiger partial charge >= 0.3 is 0 Å². The first-order chi connectivity index (χ1) is 14.1. The summed E-state index contributed by atoms with van der Waals surface area (Å²) in [7, 11) is 0. The topological polar surface area (TPSA) is 136 Å². The summed E-state index contributed by atoms with van der Waals surface area (Å²) in [6.45, 7) is 7.28. The average molecular weight is 405 g/mol. The number of carbonyl (C=O) groups is 2. The lowest BCUT2D eigenvalue weighted by molar-refractivity contribution is -0.125. The van der Waals surface area contributed by atoms with E-state index in [1.165, 1.54) is 12.7 Å². The maximum atomic E-state index is 12.6. The largest absolute Gasteiger partial charge is 0.387 e. The molecule has 3 rings (SSSR count). The summed E-state index contributed by atoms with van der Waals surface area (Å²) in [5, 5.41) is 3.19. The van der Waals surface area contributed by atoms with Gasteiger partial charge in [0.15, 0.2) is 5.82 Å². The van der Waals surface area contributed by atoms with E-state index in [4.69, 9.17) is 5.73 Å². The molecule has 0 atom stereocenters. The van der Waals surface area contributed by atoms with Crippen molar-refractivity contribution in [1.82, 2.24) is 19.9 Å². The molecular formula is C21H23N7O2. The minimum atomic E-state index is -0.548. The van der Waals surface area contributed by atoms with E-state index in [0.717, 1.165) is 5.56 Å². The second-order valence-corrected chi connectivity index (χ2v) is 7.89. The Morgan fingerprint density at radius 3 is 2.63 bits per heavy atom. The number of amides is 1. The van der Waals surface area contributed by atoms with Crippen LogP contribution in [-0.4, -0.2) is 37.5 Å². The van der Waals surface area contributed by atoms with Gasteiger partial charge in [0.05, 0.1) is 12.6 Å². The lowest BCUT2D eigenvalue weighted by atomic mass is 9.89. The number of benzene rings is 1. The molecule has 0 spiro atoms. The predicted octanol–water partition coefficient (Wildman–Crippen LogP) is 2.97. The molecule has 0 saturated carbocycles. The number of carbonyl (C=O) groups excluding carboxylic acids is 2. The van der Waals surface area contributed by atoms with Crippen LogP contribution in [0.4, 0.5) is 11.5 Å². The summed E-state index contributed by atoms with van der Waals surface area (Å²) in [6, 6.07) is 5.11. The minimum Gasteiger partial charge on any atom is -0.387 e. The number of anilines is 2. The van der Waals surface area contributed by atoms with Crippen LogP contribution in [0.15, 0.2) is 42.0 Å². The number of aromatic nitrogens is 4. The summed E-state index contributed by atoms with van der Waals surface area (Å²) in [4.78, 5) is 45.1. The molecule has 0 unspecified atom stereocenters. The number of nitrogens with zero attached hydrogens (tertiary/aromatic N) is 5. The molecule has 1 amide bonds. The Kier molecular flexibility index (Phi) is 5.81. The Morgan fingerprint density at radius 1 is 1.13 bits per heavy atom. The van der Waals surface area contributed by atoms with Gasteiger partial charge in [0, 0.05) is 16.7 Å². The second-order valence-electron chi connectivity index (χ2n) is 7.89. The van der Waals surface area contributed by atoms with Gasteiger partial charge in [-0.05, 0) is 24.6 Å². The van der Waals surface area contributed by atoms with Crippen LogP contribution in [0.25, 0.3) is 11.0 Å². The van der Waals surface area contributed by atoms with Gasteiger partial charge in [0.2, 0.25) is 0 Å². The monoisotopic (exact) mass is 405 g/mol. The molecule has 9 heteroatoms. The molecule has 0 aliphatic rings. The molecule has 1 aromatic carbocycles. The highest BCUT2D eigenvalue weighted by atomic mass is 16.1. The fourth-order valence-electron chi connectivity index (χ4n) is 2.58. The van der Waals surface area contributed by atoms with Crippen LogP contribution in [0.1, 0.15) is 43.1 Å². The lowest BCUT2D eigenvalue weighted by Gasteiger charge is -2.15. The zero-order chi connectivity index (χ0) is 21.9. The second kappa shape index (κ2) is 8.32. The van der Waals surface area contributed by atoms with Crippen LogP contribution in [0, 0.1) is 12.3 Å². The van der Waals surface area contributed by atoms with Crippen LogP contribution < -0.4 is 11.1 Å². The maximum Gasteiger partial charge on any atom is 0.278 e. The quantitative estimate of drug-likeness (QED) is 0.488. The molecule has 2 aromatic heterocycles. The van der Waals surface area contributed by atoms with Crippen molar-refractivity contribution >= 4 is 40.1 Å². The number of hydrogen-bond acceptors (Lipinski definition) is 7. The van der Waals surface area contributed by atoms with E-state index in [1.54, 1.807) is 45.2 Å². The van der Waals surface area contributed by atoms with Crippen molar-refractivity contribution in [2.24, 2.45) is 16.1 Å². The summed E-state index contributed by atoms with van der Waals surface area (Å²) in [6.07, 6.45) is 4.35. The Balaban J connectivity index is 1.85. The zero-order valence-electron chi connectivity index (χ0n) is 17.3. The van der Waals surface area contributed by atoms with Crippen molar-refractivity contribution in [2.75, 3.05) is 5.32 Å². The van der Waals surface area contributed by atoms with Crippen LogP contribution >= 0.6 is 0 Å². The maximum absolute atomic E-state index is 12.6. The molecule has 0 radical (unpaired) electrons. The van der Waals surface area contributed by atoms with Gasteiger partial charge in [-0.3, -0.25) is 9.59 Å². The Labute approximate surface area is 173 Å². The molecule has 0 aliphatic carbocycles. The molecule has 30 heavy (non-hydrogen) atoms. The van der Waals surface area contributed by atoms with Crippen molar-refractivity contribution in [3.63, 3.8) is 0 Å². The Morgan fingerprint density at radius 2 is 1.90 bits per heavy atom. The summed E-state index contributed by atoms with van der Waals surface area (Å²) in [5.41, 5.74) is 8.33. The molecule has 2 heterocycles. The minimum absolute atomic E-state index is 0.00602. The summed E-state index contributed by atoms with van der Waals surface area (Å²) >= 11 is 0. The van der Waals surface area contributed by atoms with E-state index in [0.29, 0.717) is 28.1 Å². The third-order valence-electron chi connectivity index (χ3n) is 4.46. The normalized spacial score (nSPS) is 12.1. The SMILES string of the molecule is Cc1ccc(C(=O)N=C(N)CC(=O)C(C)(C)C)cc1Nc1ncnc2cncnc12. The first-order valence-electron chi connectivity index (χ1n) is 9.34. The first kappa shape index (κ1) is 21.0. The van der Waals surface area contributed by atoms with Crippen LogP contribution in [0.2, 0.25) is 0 Å². The van der Waals surface area contributed by atoms with E-state index in [2.05, 4.69) is 30.2 Å². The van der Waals surface area contributed by atoms with Crippen LogP contribution in [-0.2, 0) is 4.79 Å². The zero-order valence-corrected chi connectivity index (χ0v) is 17.3. The molecule has 154 valence electrons. The standard InChI is InChI=1S/C21H23N7O2/c1-12-5-6-13(20(30)28-17(22)8-16(29)21(2,3)4)7-14(12)27-19-18-15(24-11-26-19)9-23-10-25-18/h5-7,9-11H,8H2,1-4H3,(H2,22,28,30)(H,24,26,27). The Bertz CT molecular complexity index is 1140. The highest BCUT2D eigenvalue weighted by Crippen LogP contribution is 2.24. The number of nitrogens with two attached hydrogens (primary N) is 1. The number of ketones is 1. The number of Topliss-reactive ketones (excluding diaryl/α,β-unsaturated/α-hetero) is 1. The lowest BCUT2D eigenvalue weighted by Crippen LogP contribution is -2.27. The van der Waals surface area contributed by atoms with Crippen molar-refractivity contribution < 1.29 is 9.59 Å². The number of aliphatic imine (C=N–C) groups is 1. The molecule has 0 bridgehead atoms. The van der Waals surface area contributed by atoms with Crippen molar-refractivity contribution in [3.05, 3.63) is 48.2 Å². The summed E-state index contributed by atoms with van der Waals surface area (Å²) in [5.74, 6) is -0.116. The van der Waals surface area contributed by atoms with E-state index in [9.17, 15) is 9.59 Å². The molecule has 0 saturated heterocycles. The number of fused-ring (bicyclic) bond motifs is 1. The highest BCUT2D eigenvalue weighted by molar-refractivity contribution is 6.09. The van der Waals surface area contributed by atoms with E-state index in [1.807, 2.05) is 6.92 Å². The van der Waals surface area contributed by atoms with Gasteiger partial charge in [-0.25, -0.2) is 19.9 Å². The first-order valence-corrected chi connectivity index (χ1v) is 9.34. The third kappa shape index (κ3) is 4.80. The van der Waals surface area contributed by atoms with Gasteiger partial charge in [0.1, 0.15) is 35.3 Å². The van der Waals surface area contributed by atoms with Gasteiger partial charge in [-0.15, -0.1) is 0 Å². The number of aryl methyl sites for hydroxylation is 1.